The third-order valence-electron chi connectivity index (χ3n) is 5.42. The molecular weight excluding hydrogens is 394 g/mol. The number of nitrogens with one attached hydrogen (secondary N) is 1. The van der Waals surface area contributed by atoms with Gasteiger partial charge in [-0.05, 0) is 43.9 Å². The summed E-state index contributed by atoms with van der Waals surface area (Å²) in [6.45, 7) is 3.50. The fraction of sp³-hybridized carbons (Fsp3) is 0.526. The Morgan fingerprint density at radius 2 is 2.03 bits per heavy atom. The lowest BCUT2D eigenvalue weighted by Crippen LogP contribution is -2.49. The van der Waals surface area contributed by atoms with E-state index in [2.05, 4.69) is 15.3 Å². The lowest BCUT2D eigenvalue weighted by molar-refractivity contribution is 0.0918. The normalized spacial score (nSPS) is 21.3. The van der Waals surface area contributed by atoms with Crippen molar-refractivity contribution in [1.82, 2.24) is 24.2 Å². The van der Waals surface area contributed by atoms with Crippen LogP contribution in [0.2, 0.25) is 0 Å². The summed E-state index contributed by atoms with van der Waals surface area (Å²) in [7, 11) is -3.33. The number of aryl methyl sites for hydroxylation is 1. The number of hydrogen-bond acceptors (Lipinski definition) is 6. The molecule has 1 unspecified atom stereocenters. The second-order valence-corrected chi connectivity index (χ2v) is 9.75. The zero-order valence-corrected chi connectivity index (χ0v) is 17.1. The maximum Gasteiger partial charge on any atom is 0.270 e. The van der Waals surface area contributed by atoms with E-state index in [-0.39, 0.29) is 18.6 Å². The van der Waals surface area contributed by atoms with E-state index in [1.165, 1.54) is 4.31 Å². The Bertz CT molecular complexity index is 962. The minimum Gasteiger partial charge on any atom is -0.380 e. The van der Waals surface area contributed by atoms with Gasteiger partial charge < -0.3 is 10.1 Å². The average molecular weight is 420 g/mol. The van der Waals surface area contributed by atoms with Gasteiger partial charge in [0.25, 0.3) is 5.91 Å². The van der Waals surface area contributed by atoms with Crippen molar-refractivity contribution in [2.45, 2.75) is 37.5 Å². The quantitative estimate of drug-likeness (QED) is 0.771. The summed E-state index contributed by atoms with van der Waals surface area (Å²) in [6.07, 6.45) is 6.78. The Balaban J connectivity index is 1.38. The van der Waals surface area contributed by atoms with Crippen LogP contribution in [0.25, 0.3) is 5.82 Å². The molecule has 4 heterocycles. The van der Waals surface area contributed by atoms with Gasteiger partial charge in [-0.15, -0.1) is 0 Å². The van der Waals surface area contributed by atoms with Crippen LogP contribution in [0, 0.1) is 6.92 Å². The summed E-state index contributed by atoms with van der Waals surface area (Å²) >= 11 is 0. The number of aromatic nitrogens is 3. The highest BCUT2D eigenvalue weighted by Crippen LogP contribution is 2.22. The number of nitrogens with zero attached hydrogens (tertiary/aromatic N) is 4. The van der Waals surface area contributed by atoms with Gasteiger partial charge in [-0.25, -0.2) is 22.7 Å². The second-order valence-electron chi connectivity index (χ2n) is 7.54. The van der Waals surface area contributed by atoms with Crippen LogP contribution in [0.4, 0.5) is 0 Å². The second kappa shape index (κ2) is 8.21. The van der Waals surface area contributed by atoms with Crippen molar-refractivity contribution < 1.29 is 17.9 Å². The number of amides is 1. The first-order valence-electron chi connectivity index (χ1n) is 9.78. The number of carbonyl (C=O) groups excluding carboxylic acids is 1. The molecule has 2 fully saturated rings. The maximum atomic E-state index is 12.7. The average Bonchev–Trinajstić information content (AvgIpc) is 3.42. The lowest BCUT2D eigenvalue weighted by Gasteiger charge is -2.33. The van der Waals surface area contributed by atoms with Crippen LogP contribution >= 0.6 is 0 Å². The largest absolute Gasteiger partial charge is 0.380 e. The first-order valence-corrected chi connectivity index (χ1v) is 11.3. The maximum absolute atomic E-state index is 12.7. The molecule has 1 atom stereocenters. The molecule has 0 radical (unpaired) electrons. The van der Waals surface area contributed by atoms with Gasteiger partial charge in [-0.2, -0.15) is 0 Å². The topological polar surface area (TPSA) is 106 Å². The number of piperidine rings is 1. The van der Waals surface area contributed by atoms with Crippen LogP contribution in [0.1, 0.15) is 35.3 Å². The molecule has 0 aliphatic carbocycles. The SMILES string of the molecule is Cc1cc(C(=O)NC2CCN(S(=O)(=O)C3CCOC3)CC2)nc(-n2ccnc2)c1. The van der Waals surface area contributed by atoms with Crippen LogP contribution in [-0.2, 0) is 14.8 Å². The Kier molecular flexibility index (Phi) is 5.66. The van der Waals surface area contributed by atoms with Crippen LogP contribution in [0.15, 0.2) is 30.9 Å². The van der Waals surface area contributed by atoms with Gasteiger partial charge in [0, 0.05) is 38.1 Å². The zero-order valence-electron chi connectivity index (χ0n) is 16.3. The molecular formula is C19H25N5O4S. The molecule has 1 N–H and O–H groups in total. The molecule has 29 heavy (non-hydrogen) atoms. The molecule has 156 valence electrons. The molecule has 2 aliphatic heterocycles. The molecule has 2 saturated heterocycles. The van der Waals surface area contributed by atoms with Crippen molar-refractivity contribution in [1.29, 1.82) is 0 Å². The first kappa shape index (κ1) is 20.0. The van der Waals surface area contributed by atoms with Crippen molar-refractivity contribution in [2.75, 3.05) is 26.3 Å². The Morgan fingerprint density at radius 3 is 2.69 bits per heavy atom. The van der Waals surface area contributed by atoms with Crippen LogP contribution in [0.5, 0.6) is 0 Å². The molecule has 9 nitrogen and oxygen atoms in total. The van der Waals surface area contributed by atoms with Gasteiger partial charge in [0.05, 0.1) is 6.61 Å². The fourth-order valence-electron chi connectivity index (χ4n) is 3.76. The van der Waals surface area contributed by atoms with Crippen LogP contribution < -0.4 is 5.32 Å². The third kappa shape index (κ3) is 4.34. The van der Waals surface area contributed by atoms with E-state index in [0.717, 1.165) is 5.56 Å². The number of hydrogen-bond donors (Lipinski definition) is 1. The monoisotopic (exact) mass is 419 g/mol. The summed E-state index contributed by atoms with van der Waals surface area (Å²) < 4.78 is 33.8. The highest BCUT2D eigenvalue weighted by atomic mass is 32.2. The number of sulfonamides is 1. The molecule has 2 aromatic heterocycles. The highest BCUT2D eigenvalue weighted by molar-refractivity contribution is 7.89. The third-order valence-corrected chi connectivity index (χ3v) is 7.72. The Morgan fingerprint density at radius 1 is 1.24 bits per heavy atom. The standard InChI is InChI=1S/C19H25N5O4S/c1-14-10-17(22-18(11-14)23-8-5-20-13-23)19(25)21-15-2-6-24(7-3-15)29(26,27)16-4-9-28-12-16/h5,8,10-11,13,15-16H,2-4,6-7,9,12H2,1H3,(H,21,25). The highest BCUT2D eigenvalue weighted by Gasteiger charge is 2.37. The van der Waals surface area contributed by atoms with E-state index in [4.69, 9.17) is 4.74 Å². The molecule has 2 aliphatic rings. The zero-order chi connectivity index (χ0) is 20.4. The van der Waals surface area contributed by atoms with Crippen LogP contribution in [0.3, 0.4) is 0 Å². The summed E-state index contributed by atoms with van der Waals surface area (Å²) in [6, 6.07) is 3.55. The smallest absolute Gasteiger partial charge is 0.270 e. The van der Waals surface area contributed by atoms with E-state index in [0.29, 0.717) is 50.5 Å². The minimum absolute atomic E-state index is 0.0761. The van der Waals surface area contributed by atoms with E-state index in [1.54, 1.807) is 29.4 Å². The summed E-state index contributed by atoms with van der Waals surface area (Å²) in [5.41, 5.74) is 1.26. The van der Waals surface area contributed by atoms with Crippen molar-refractivity contribution in [3.8, 4) is 5.82 Å². The lowest BCUT2D eigenvalue weighted by atomic mass is 10.1. The number of rotatable bonds is 5. The fourth-order valence-corrected chi connectivity index (χ4v) is 5.57. The van der Waals surface area contributed by atoms with Crippen molar-refractivity contribution >= 4 is 15.9 Å². The molecule has 1 amide bonds. The van der Waals surface area contributed by atoms with Gasteiger partial charge in [0.15, 0.2) is 0 Å². The van der Waals surface area contributed by atoms with E-state index >= 15 is 0 Å². The number of pyridine rings is 1. The Labute approximate surface area is 170 Å². The Hall–Kier alpha value is -2.30. The summed E-state index contributed by atoms with van der Waals surface area (Å²) in [5.74, 6) is 0.382. The van der Waals surface area contributed by atoms with E-state index in [1.807, 2.05) is 13.0 Å². The van der Waals surface area contributed by atoms with Gasteiger partial charge in [0.2, 0.25) is 10.0 Å². The number of ether oxygens (including phenoxy) is 1. The summed E-state index contributed by atoms with van der Waals surface area (Å²) in [5, 5.41) is 2.57. The predicted molar refractivity (Wildman–Crippen MR) is 106 cm³/mol. The van der Waals surface area contributed by atoms with Crippen molar-refractivity contribution in [3.63, 3.8) is 0 Å². The molecule has 0 saturated carbocycles. The molecule has 4 rings (SSSR count). The van der Waals surface area contributed by atoms with Gasteiger partial charge >= 0.3 is 0 Å². The molecule has 2 aromatic rings. The molecule has 10 heteroatoms. The number of carbonyl (C=O) groups is 1. The van der Waals surface area contributed by atoms with E-state index < -0.39 is 15.3 Å². The minimum atomic E-state index is -3.33. The molecule has 0 spiro atoms. The van der Waals surface area contributed by atoms with E-state index in [9.17, 15) is 13.2 Å². The van der Waals surface area contributed by atoms with Gasteiger partial charge in [0.1, 0.15) is 23.1 Å². The van der Waals surface area contributed by atoms with Gasteiger partial charge in [-0.1, -0.05) is 0 Å². The predicted octanol–water partition coefficient (Wildman–Crippen LogP) is 0.889. The van der Waals surface area contributed by atoms with Gasteiger partial charge in [-0.3, -0.25) is 9.36 Å². The van der Waals surface area contributed by atoms with Crippen molar-refractivity contribution in [3.05, 3.63) is 42.1 Å². The first-order chi connectivity index (χ1) is 13.9. The van der Waals surface area contributed by atoms with Crippen molar-refractivity contribution in [2.24, 2.45) is 0 Å². The molecule has 0 aromatic carbocycles. The van der Waals surface area contributed by atoms with Crippen LogP contribution in [-0.4, -0.2) is 70.8 Å². The molecule has 0 bridgehead atoms. The number of imidazole rings is 1. The summed E-state index contributed by atoms with van der Waals surface area (Å²) in [4.78, 5) is 21.2.